The van der Waals surface area contributed by atoms with Crippen molar-refractivity contribution in [1.29, 1.82) is 0 Å². The quantitative estimate of drug-likeness (QED) is 0.552. The number of hydrogen-bond acceptors (Lipinski definition) is 3. The van der Waals surface area contributed by atoms with E-state index >= 15 is 0 Å². The minimum atomic E-state index is 0.351. The lowest BCUT2D eigenvalue weighted by molar-refractivity contribution is 0.0778. The molecule has 1 aliphatic carbocycles. The predicted molar refractivity (Wildman–Crippen MR) is 106 cm³/mol. The lowest BCUT2D eigenvalue weighted by Gasteiger charge is -2.40. The highest BCUT2D eigenvalue weighted by Crippen LogP contribution is 2.44. The number of guanidine groups is 1. The fraction of sp³-hybridized carbons (Fsp3) is 0.667. The highest BCUT2D eigenvalue weighted by molar-refractivity contribution is 5.79. The monoisotopic (exact) mass is 359 g/mol. The van der Waals surface area contributed by atoms with E-state index < -0.39 is 0 Å². The summed E-state index contributed by atoms with van der Waals surface area (Å²) < 4.78 is 11.1. The Kier molecular flexibility index (Phi) is 6.78. The van der Waals surface area contributed by atoms with Gasteiger partial charge in [-0.15, -0.1) is 0 Å². The van der Waals surface area contributed by atoms with E-state index in [9.17, 15) is 0 Å². The lowest BCUT2D eigenvalue weighted by Crippen LogP contribution is -2.42. The maximum atomic E-state index is 5.77. The van der Waals surface area contributed by atoms with Crippen molar-refractivity contribution in [2.45, 2.75) is 44.9 Å². The van der Waals surface area contributed by atoms with Crippen LogP contribution in [0.2, 0.25) is 0 Å². The third-order valence-electron chi connectivity index (χ3n) is 5.77. The average Bonchev–Trinajstić information content (AvgIpc) is 2.64. The summed E-state index contributed by atoms with van der Waals surface area (Å²) in [6, 6.07) is 8.38. The Morgan fingerprint density at radius 3 is 2.88 bits per heavy atom. The second-order valence-electron chi connectivity index (χ2n) is 7.54. The number of rotatable bonds is 8. The Hall–Kier alpha value is -1.75. The number of ether oxygens (including phenoxy) is 2. The fourth-order valence-corrected chi connectivity index (χ4v) is 3.92. The van der Waals surface area contributed by atoms with Gasteiger partial charge in [0.05, 0.1) is 6.61 Å². The second kappa shape index (κ2) is 9.26. The Morgan fingerprint density at radius 2 is 2.15 bits per heavy atom. The first kappa shape index (κ1) is 19.0. The van der Waals surface area contributed by atoms with Gasteiger partial charge < -0.3 is 20.1 Å². The third-order valence-corrected chi connectivity index (χ3v) is 5.77. The molecule has 0 saturated heterocycles. The molecule has 3 rings (SSSR count). The van der Waals surface area contributed by atoms with Gasteiger partial charge in [0.1, 0.15) is 5.75 Å². The topological polar surface area (TPSA) is 54.9 Å². The summed E-state index contributed by atoms with van der Waals surface area (Å²) in [6.07, 6.45) is 6.02. The Balaban J connectivity index is 1.58. The minimum absolute atomic E-state index is 0.351. The van der Waals surface area contributed by atoms with E-state index in [0.29, 0.717) is 11.3 Å². The average molecular weight is 360 g/mol. The van der Waals surface area contributed by atoms with Crippen molar-refractivity contribution in [3.63, 3.8) is 0 Å². The van der Waals surface area contributed by atoms with Crippen LogP contribution in [-0.4, -0.2) is 45.9 Å². The molecular formula is C21H33N3O2. The van der Waals surface area contributed by atoms with Crippen LogP contribution in [0.5, 0.6) is 5.75 Å². The highest BCUT2D eigenvalue weighted by Gasteiger charge is 2.36. The molecule has 0 amide bonds. The van der Waals surface area contributed by atoms with Gasteiger partial charge in [-0.2, -0.15) is 0 Å². The van der Waals surface area contributed by atoms with Crippen molar-refractivity contribution >= 4 is 5.96 Å². The van der Waals surface area contributed by atoms with Crippen molar-refractivity contribution in [1.82, 2.24) is 10.6 Å². The maximum Gasteiger partial charge on any atom is 0.191 e. The molecule has 26 heavy (non-hydrogen) atoms. The molecule has 144 valence electrons. The standard InChI is InChI=1S/C21H33N3O2/c1-3-22-20(24-16-21(10-6-11-21)12-14-25-2)23-15-17-9-13-26-19-8-5-4-7-18(17)19/h4-5,7-8,17H,3,6,9-16H2,1-2H3,(H2,22,23,24). The number of para-hydroxylation sites is 1. The molecule has 2 aliphatic rings. The van der Waals surface area contributed by atoms with Crippen LogP contribution in [0.15, 0.2) is 29.3 Å². The molecule has 1 aliphatic heterocycles. The molecular weight excluding hydrogens is 326 g/mol. The molecule has 1 aromatic carbocycles. The van der Waals surface area contributed by atoms with Crippen molar-refractivity contribution in [3.8, 4) is 5.75 Å². The summed E-state index contributed by atoms with van der Waals surface area (Å²) in [6.45, 7) is 6.38. The summed E-state index contributed by atoms with van der Waals surface area (Å²) in [5.41, 5.74) is 1.65. The molecule has 0 radical (unpaired) electrons. The molecule has 1 fully saturated rings. The molecule has 1 atom stereocenters. The minimum Gasteiger partial charge on any atom is -0.493 e. The molecule has 5 heteroatoms. The summed E-state index contributed by atoms with van der Waals surface area (Å²) in [4.78, 5) is 4.91. The van der Waals surface area contributed by atoms with Gasteiger partial charge in [0.2, 0.25) is 0 Å². The SMILES string of the molecule is CCNC(=NCC1(CCOC)CCC1)NCC1CCOc2ccccc21. The van der Waals surface area contributed by atoms with E-state index in [-0.39, 0.29) is 0 Å². The summed E-state index contributed by atoms with van der Waals surface area (Å²) in [7, 11) is 1.78. The van der Waals surface area contributed by atoms with E-state index in [1.165, 1.54) is 24.8 Å². The second-order valence-corrected chi connectivity index (χ2v) is 7.54. The van der Waals surface area contributed by atoms with Gasteiger partial charge >= 0.3 is 0 Å². The van der Waals surface area contributed by atoms with E-state index in [0.717, 1.165) is 57.4 Å². The van der Waals surface area contributed by atoms with Crippen LogP contribution in [0, 0.1) is 5.41 Å². The lowest BCUT2D eigenvalue weighted by atomic mass is 9.67. The summed E-state index contributed by atoms with van der Waals surface area (Å²) in [5, 5.41) is 6.96. The first-order chi connectivity index (χ1) is 12.8. The van der Waals surface area contributed by atoms with Crippen LogP contribution in [0.25, 0.3) is 0 Å². The number of nitrogens with one attached hydrogen (secondary N) is 2. The van der Waals surface area contributed by atoms with Crippen LogP contribution in [0.1, 0.15) is 50.5 Å². The number of nitrogens with zero attached hydrogens (tertiary/aromatic N) is 1. The van der Waals surface area contributed by atoms with E-state index in [1.54, 1.807) is 7.11 Å². The predicted octanol–water partition coefficient (Wildman–Crippen LogP) is 3.31. The highest BCUT2D eigenvalue weighted by atomic mass is 16.5. The number of benzene rings is 1. The third kappa shape index (κ3) is 4.70. The Labute approximate surface area is 157 Å². The van der Waals surface area contributed by atoms with Crippen molar-refractivity contribution in [2.75, 3.05) is 40.0 Å². The number of methoxy groups -OCH3 is 1. The maximum absolute atomic E-state index is 5.77. The molecule has 5 nitrogen and oxygen atoms in total. The zero-order chi connectivity index (χ0) is 18.2. The largest absolute Gasteiger partial charge is 0.493 e. The molecule has 1 saturated carbocycles. The summed E-state index contributed by atoms with van der Waals surface area (Å²) in [5.74, 6) is 2.43. The van der Waals surface area contributed by atoms with Gasteiger partial charge in [-0.25, -0.2) is 0 Å². The first-order valence-corrected chi connectivity index (χ1v) is 9.99. The molecule has 0 spiro atoms. The van der Waals surface area contributed by atoms with Gasteiger partial charge in [0.25, 0.3) is 0 Å². The number of fused-ring (bicyclic) bond motifs is 1. The molecule has 1 unspecified atom stereocenters. The van der Waals surface area contributed by atoms with Crippen LogP contribution in [-0.2, 0) is 4.74 Å². The van der Waals surface area contributed by atoms with Crippen LogP contribution in [0.3, 0.4) is 0 Å². The molecule has 1 heterocycles. The molecule has 0 aromatic heterocycles. The van der Waals surface area contributed by atoms with Gasteiger partial charge in [-0.05, 0) is 49.7 Å². The number of hydrogen-bond donors (Lipinski definition) is 2. The normalized spacial score (nSPS) is 21.3. The summed E-state index contributed by atoms with van der Waals surface area (Å²) >= 11 is 0. The number of aliphatic imine (C=N–C) groups is 1. The van der Waals surface area contributed by atoms with Crippen molar-refractivity contribution in [2.24, 2.45) is 10.4 Å². The van der Waals surface area contributed by atoms with Gasteiger partial charge in [0, 0.05) is 39.3 Å². The first-order valence-electron chi connectivity index (χ1n) is 9.99. The van der Waals surface area contributed by atoms with Gasteiger partial charge in [-0.1, -0.05) is 24.6 Å². The van der Waals surface area contributed by atoms with Gasteiger partial charge in [0.15, 0.2) is 5.96 Å². The zero-order valence-electron chi connectivity index (χ0n) is 16.2. The van der Waals surface area contributed by atoms with Crippen molar-refractivity contribution in [3.05, 3.63) is 29.8 Å². The smallest absolute Gasteiger partial charge is 0.191 e. The van der Waals surface area contributed by atoms with Crippen LogP contribution in [0.4, 0.5) is 0 Å². The molecule has 1 aromatic rings. The fourth-order valence-electron chi connectivity index (χ4n) is 3.92. The Morgan fingerprint density at radius 1 is 1.31 bits per heavy atom. The van der Waals surface area contributed by atoms with Gasteiger partial charge in [-0.3, -0.25) is 4.99 Å². The molecule has 2 N–H and O–H groups in total. The van der Waals surface area contributed by atoms with Crippen LogP contribution >= 0.6 is 0 Å². The van der Waals surface area contributed by atoms with Crippen LogP contribution < -0.4 is 15.4 Å². The van der Waals surface area contributed by atoms with E-state index in [4.69, 9.17) is 14.5 Å². The Bertz CT molecular complexity index is 599. The van der Waals surface area contributed by atoms with Crippen molar-refractivity contribution < 1.29 is 9.47 Å². The van der Waals surface area contributed by atoms with E-state index in [1.807, 2.05) is 6.07 Å². The molecule has 0 bridgehead atoms. The van der Waals surface area contributed by atoms with E-state index in [2.05, 4.69) is 35.8 Å². The zero-order valence-corrected chi connectivity index (χ0v) is 16.2.